The quantitative estimate of drug-likeness (QED) is 0.507. The molecule has 0 aliphatic heterocycles. The highest BCUT2D eigenvalue weighted by Gasteiger charge is 1.94. The minimum absolute atomic E-state index is 0.0143. The summed E-state index contributed by atoms with van der Waals surface area (Å²) in [7, 11) is 0. The molecular formula is C10H16O2. The fourth-order valence-electron chi connectivity index (χ4n) is 0.618. The van der Waals surface area contributed by atoms with Crippen LogP contribution in [-0.4, -0.2) is 23.9 Å². The second-order valence-corrected chi connectivity index (χ2v) is 2.57. The van der Waals surface area contributed by atoms with Crippen LogP contribution in [0.5, 0.6) is 0 Å². The minimum Gasteiger partial charge on any atom is -0.389 e. The van der Waals surface area contributed by atoms with Gasteiger partial charge in [-0.2, -0.15) is 0 Å². The number of aliphatic hydroxyl groups excluding tert-OH is 1. The third-order valence-electron chi connectivity index (χ3n) is 1.26. The molecule has 2 atom stereocenters. The molecule has 0 amide bonds. The van der Waals surface area contributed by atoms with Crippen molar-refractivity contribution < 1.29 is 9.84 Å². The van der Waals surface area contributed by atoms with E-state index in [2.05, 4.69) is 11.8 Å². The molecule has 0 fully saturated rings. The second kappa shape index (κ2) is 6.90. The van der Waals surface area contributed by atoms with Crippen LogP contribution in [0.15, 0.2) is 12.2 Å². The van der Waals surface area contributed by atoms with Crippen molar-refractivity contribution in [3.05, 3.63) is 12.2 Å². The van der Waals surface area contributed by atoms with Gasteiger partial charge in [0.2, 0.25) is 0 Å². The fraction of sp³-hybridized carbons (Fsp3) is 0.600. The number of ether oxygens (including phenoxy) is 1. The highest BCUT2D eigenvalue weighted by molar-refractivity contribution is 4.96. The Labute approximate surface area is 74.2 Å². The Morgan fingerprint density at radius 3 is 2.58 bits per heavy atom. The fourth-order valence-corrected chi connectivity index (χ4v) is 0.618. The monoisotopic (exact) mass is 168 g/mol. The highest BCUT2D eigenvalue weighted by atomic mass is 16.5. The smallest absolute Gasteiger partial charge is 0.108 e. The van der Waals surface area contributed by atoms with E-state index >= 15 is 0 Å². The molecule has 2 nitrogen and oxygen atoms in total. The average molecular weight is 168 g/mol. The molecule has 0 aromatic rings. The maximum absolute atomic E-state index is 8.90. The van der Waals surface area contributed by atoms with E-state index in [1.54, 1.807) is 19.9 Å². The third kappa shape index (κ3) is 7.33. The van der Waals surface area contributed by atoms with Crippen molar-refractivity contribution in [1.82, 2.24) is 0 Å². The standard InChI is InChI=1S/C10H16O2/c1-4-5-8-12-10(3)7-6-9(2)11/h6-7,9-11H,8H2,1-3H3/t9-,10+/m1/s1. The van der Waals surface area contributed by atoms with Gasteiger partial charge in [0.25, 0.3) is 0 Å². The lowest BCUT2D eigenvalue weighted by molar-refractivity contribution is 0.126. The van der Waals surface area contributed by atoms with Gasteiger partial charge >= 0.3 is 0 Å². The van der Waals surface area contributed by atoms with E-state index in [0.717, 1.165) is 0 Å². The second-order valence-electron chi connectivity index (χ2n) is 2.57. The van der Waals surface area contributed by atoms with Gasteiger partial charge in [0, 0.05) is 0 Å². The van der Waals surface area contributed by atoms with Crippen LogP contribution in [0.1, 0.15) is 20.8 Å². The minimum atomic E-state index is -0.409. The van der Waals surface area contributed by atoms with E-state index in [4.69, 9.17) is 9.84 Å². The van der Waals surface area contributed by atoms with Gasteiger partial charge in [-0.25, -0.2) is 0 Å². The first-order chi connectivity index (χ1) is 5.66. The van der Waals surface area contributed by atoms with E-state index in [9.17, 15) is 0 Å². The molecule has 0 saturated carbocycles. The van der Waals surface area contributed by atoms with Crippen molar-refractivity contribution in [2.24, 2.45) is 0 Å². The normalized spacial score (nSPS) is 15.3. The van der Waals surface area contributed by atoms with Crippen molar-refractivity contribution in [3.8, 4) is 11.8 Å². The molecule has 0 spiro atoms. The predicted molar refractivity (Wildman–Crippen MR) is 49.7 cm³/mol. The van der Waals surface area contributed by atoms with Crippen LogP contribution in [0.2, 0.25) is 0 Å². The molecule has 0 radical (unpaired) electrons. The van der Waals surface area contributed by atoms with Crippen molar-refractivity contribution in [1.29, 1.82) is 0 Å². The lowest BCUT2D eigenvalue weighted by Gasteiger charge is -2.04. The SMILES string of the molecule is CC#CCO[C@@H](C)C=C[C@@H](C)O. The molecule has 0 bridgehead atoms. The van der Waals surface area contributed by atoms with Gasteiger partial charge in [0.15, 0.2) is 0 Å². The summed E-state index contributed by atoms with van der Waals surface area (Å²) >= 11 is 0. The van der Waals surface area contributed by atoms with Gasteiger partial charge in [-0.15, -0.1) is 5.92 Å². The van der Waals surface area contributed by atoms with E-state index in [0.29, 0.717) is 6.61 Å². The van der Waals surface area contributed by atoms with Gasteiger partial charge < -0.3 is 9.84 Å². The van der Waals surface area contributed by atoms with E-state index in [1.807, 2.05) is 13.0 Å². The molecule has 12 heavy (non-hydrogen) atoms. The summed E-state index contributed by atoms with van der Waals surface area (Å²) in [4.78, 5) is 0. The Bertz CT molecular complexity index is 184. The van der Waals surface area contributed by atoms with Crippen LogP contribution in [0.4, 0.5) is 0 Å². The third-order valence-corrected chi connectivity index (χ3v) is 1.26. The molecule has 2 heteroatoms. The maximum Gasteiger partial charge on any atom is 0.108 e. The topological polar surface area (TPSA) is 29.5 Å². The molecule has 68 valence electrons. The molecule has 0 rings (SSSR count). The van der Waals surface area contributed by atoms with Gasteiger partial charge in [-0.05, 0) is 20.8 Å². The van der Waals surface area contributed by atoms with Crippen molar-refractivity contribution in [2.75, 3.05) is 6.61 Å². The summed E-state index contributed by atoms with van der Waals surface area (Å²) in [6, 6.07) is 0. The van der Waals surface area contributed by atoms with E-state index in [-0.39, 0.29) is 6.10 Å². The predicted octanol–water partition coefficient (Wildman–Crippen LogP) is 1.35. The number of aliphatic hydroxyl groups is 1. The Hall–Kier alpha value is -0.780. The Kier molecular flexibility index (Phi) is 6.45. The van der Waals surface area contributed by atoms with Crippen LogP contribution in [0, 0.1) is 11.8 Å². The van der Waals surface area contributed by atoms with Gasteiger partial charge in [-0.3, -0.25) is 0 Å². The van der Waals surface area contributed by atoms with Gasteiger partial charge in [0.05, 0.1) is 12.2 Å². The summed E-state index contributed by atoms with van der Waals surface area (Å²) < 4.78 is 5.26. The van der Waals surface area contributed by atoms with Crippen molar-refractivity contribution in [2.45, 2.75) is 33.0 Å². The van der Waals surface area contributed by atoms with Gasteiger partial charge in [0.1, 0.15) is 6.61 Å². The van der Waals surface area contributed by atoms with Crippen LogP contribution in [-0.2, 0) is 4.74 Å². The number of hydrogen-bond donors (Lipinski definition) is 1. The highest BCUT2D eigenvalue weighted by Crippen LogP contribution is 1.93. The van der Waals surface area contributed by atoms with Crippen LogP contribution in [0.25, 0.3) is 0 Å². The first-order valence-corrected chi connectivity index (χ1v) is 4.04. The molecule has 0 aliphatic rings. The zero-order valence-corrected chi connectivity index (χ0v) is 7.87. The summed E-state index contributed by atoms with van der Waals surface area (Å²) in [5.74, 6) is 5.54. The molecule has 0 heterocycles. The molecule has 0 aliphatic carbocycles. The zero-order chi connectivity index (χ0) is 9.40. The van der Waals surface area contributed by atoms with Crippen LogP contribution in [0.3, 0.4) is 0 Å². The maximum atomic E-state index is 8.90. The molecule has 0 aromatic carbocycles. The largest absolute Gasteiger partial charge is 0.389 e. The number of rotatable bonds is 4. The van der Waals surface area contributed by atoms with Crippen LogP contribution >= 0.6 is 0 Å². The van der Waals surface area contributed by atoms with Gasteiger partial charge in [-0.1, -0.05) is 18.1 Å². The Balaban J connectivity index is 3.56. The molecular weight excluding hydrogens is 152 g/mol. The molecule has 1 N–H and O–H groups in total. The summed E-state index contributed by atoms with van der Waals surface area (Å²) in [6.07, 6.45) is 3.13. The summed E-state index contributed by atoms with van der Waals surface area (Å²) in [5, 5.41) is 8.90. The van der Waals surface area contributed by atoms with Crippen molar-refractivity contribution >= 4 is 0 Å². The van der Waals surface area contributed by atoms with Crippen LogP contribution < -0.4 is 0 Å². The lowest BCUT2D eigenvalue weighted by Crippen LogP contribution is -2.06. The summed E-state index contributed by atoms with van der Waals surface area (Å²) in [5.41, 5.74) is 0. The Morgan fingerprint density at radius 1 is 1.42 bits per heavy atom. The number of hydrogen-bond acceptors (Lipinski definition) is 2. The lowest BCUT2D eigenvalue weighted by atomic mass is 10.3. The summed E-state index contributed by atoms with van der Waals surface area (Å²) in [6.45, 7) is 5.84. The molecule has 0 unspecified atom stereocenters. The van der Waals surface area contributed by atoms with E-state index < -0.39 is 6.10 Å². The molecule has 0 saturated heterocycles. The Morgan fingerprint density at radius 2 is 2.08 bits per heavy atom. The van der Waals surface area contributed by atoms with E-state index in [1.165, 1.54) is 0 Å². The first-order valence-electron chi connectivity index (χ1n) is 4.04. The average Bonchev–Trinajstić information content (AvgIpc) is 2.01. The zero-order valence-electron chi connectivity index (χ0n) is 7.87. The first kappa shape index (κ1) is 11.2. The molecule has 0 aromatic heterocycles. The van der Waals surface area contributed by atoms with Crippen molar-refractivity contribution in [3.63, 3.8) is 0 Å².